The summed E-state index contributed by atoms with van der Waals surface area (Å²) >= 11 is 0. The molecule has 0 aliphatic heterocycles. The van der Waals surface area contributed by atoms with Crippen molar-refractivity contribution < 1.29 is 0 Å². The molecule has 98 valence electrons. The average Bonchev–Trinajstić information content (AvgIpc) is 2.17. The second kappa shape index (κ2) is 8.14. The van der Waals surface area contributed by atoms with Crippen molar-refractivity contribution in [1.82, 2.24) is 0 Å². The van der Waals surface area contributed by atoms with Crippen LogP contribution in [0.4, 0.5) is 0 Å². The Bertz CT molecular complexity index is 159. The van der Waals surface area contributed by atoms with Crippen molar-refractivity contribution in [2.75, 3.05) is 0 Å². The minimum absolute atomic E-state index is 0.603. The van der Waals surface area contributed by atoms with Gasteiger partial charge in [0.05, 0.1) is 0 Å². The highest BCUT2D eigenvalue weighted by molar-refractivity contribution is 4.75. The molecule has 0 aliphatic carbocycles. The van der Waals surface area contributed by atoms with Crippen molar-refractivity contribution >= 4 is 0 Å². The van der Waals surface area contributed by atoms with Gasteiger partial charge in [-0.1, -0.05) is 73.6 Å². The quantitative estimate of drug-likeness (QED) is 0.448. The molecule has 0 aromatic rings. The lowest BCUT2D eigenvalue weighted by Crippen LogP contribution is -2.18. The lowest BCUT2D eigenvalue weighted by Gasteiger charge is -2.31. The molecular formula is C16H34. The highest BCUT2D eigenvalue weighted by Crippen LogP contribution is 2.36. The second-order valence-corrected chi connectivity index (χ2v) is 6.55. The molecule has 0 N–H and O–H groups in total. The fourth-order valence-electron chi connectivity index (χ4n) is 2.84. The molecule has 0 saturated carbocycles. The number of hydrogen-bond donors (Lipinski definition) is 0. The second-order valence-electron chi connectivity index (χ2n) is 6.55. The lowest BCUT2D eigenvalue weighted by molar-refractivity contribution is 0.209. The molecule has 2 atom stereocenters. The molecule has 0 aromatic carbocycles. The van der Waals surface area contributed by atoms with Gasteiger partial charge in [-0.2, -0.15) is 0 Å². The maximum atomic E-state index is 2.48. The standard InChI is InChI=1S/C16H34/c1-7-12-16(6,8-2)13-15(5)11-9-10-14(3)4/h14-15H,7-13H2,1-6H3. The highest BCUT2D eigenvalue weighted by Gasteiger charge is 2.23. The Morgan fingerprint density at radius 3 is 2.06 bits per heavy atom. The summed E-state index contributed by atoms with van der Waals surface area (Å²) in [6.07, 6.45) is 9.76. The monoisotopic (exact) mass is 226 g/mol. The van der Waals surface area contributed by atoms with Crippen molar-refractivity contribution in [3.8, 4) is 0 Å². The van der Waals surface area contributed by atoms with Crippen LogP contribution in [0.1, 0.15) is 86.5 Å². The summed E-state index contributed by atoms with van der Waals surface area (Å²) in [7, 11) is 0. The Hall–Kier alpha value is 0. The molecule has 0 aromatic heterocycles. The third kappa shape index (κ3) is 7.30. The summed E-state index contributed by atoms with van der Waals surface area (Å²) in [5.41, 5.74) is 0.603. The van der Waals surface area contributed by atoms with Crippen LogP contribution < -0.4 is 0 Å². The predicted octanol–water partition coefficient (Wildman–Crippen LogP) is 6.06. The van der Waals surface area contributed by atoms with Gasteiger partial charge in [0.25, 0.3) is 0 Å². The molecule has 0 saturated heterocycles. The smallest absolute Gasteiger partial charge is 0.0326 e. The predicted molar refractivity (Wildman–Crippen MR) is 75.8 cm³/mol. The van der Waals surface area contributed by atoms with E-state index in [1.165, 1.54) is 44.9 Å². The third-order valence-electron chi connectivity index (χ3n) is 4.03. The lowest BCUT2D eigenvalue weighted by atomic mass is 9.75. The zero-order chi connectivity index (χ0) is 12.6. The average molecular weight is 226 g/mol. The Morgan fingerprint density at radius 1 is 1.00 bits per heavy atom. The topological polar surface area (TPSA) is 0 Å². The van der Waals surface area contributed by atoms with Gasteiger partial charge in [0.2, 0.25) is 0 Å². The molecule has 0 nitrogen and oxygen atoms in total. The molecule has 0 heteroatoms. The Labute approximate surface area is 104 Å². The molecular weight excluding hydrogens is 192 g/mol. The van der Waals surface area contributed by atoms with Gasteiger partial charge in [-0.15, -0.1) is 0 Å². The molecule has 0 spiro atoms. The zero-order valence-electron chi connectivity index (χ0n) is 12.6. The van der Waals surface area contributed by atoms with Crippen LogP contribution in [0.5, 0.6) is 0 Å². The van der Waals surface area contributed by atoms with E-state index < -0.39 is 0 Å². The van der Waals surface area contributed by atoms with E-state index in [0.29, 0.717) is 5.41 Å². The summed E-state index contributed by atoms with van der Waals surface area (Å²) in [5.74, 6) is 1.79. The zero-order valence-corrected chi connectivity index (χ0v) is 12.6. The van der Waals surface area contributed by atoms with E-state index in [9.17, 15) is 0 Å². The van der Waals surface area contributed by atoms with E-state index in [0.717, 1.165) is 11.8 Å². The SMILES string of the molecule is CCCC(C)(CC)CC(C)CCCC(C)C. The normalized spacial score (nSPS) is 17.4. The van der Waals surface area contributed by atoms with E-state index in [4.69, 9.17) is 0 Å². The van der Waals surface area contributed by atoms with Gasteiger partial charge < -0.3 is 0 Å². The van der Waals surface area contributed by atoms with Crippen LogP contribution in [-0.2, 0) is 0 Å². The Kier molecular flexibility index (Phi) is 8.14. The maximum Gasteiger partial charge on any atom is -0.0326 e. The molecule has 0 aliphatic rings. The Morgan fingerprint density at radius 2 is 1.62 bits per heavy atom. The Balaban J connectivity index is 3.86. The number of rotatable bonds is 9. The first-order valence-electron chi connectivity index (χ1n) is 7.43. The molecule has 2 unspecified atom stereocenters. The first-order valence-corrected chi connectivity index (χ1v) is 7.43. The first-order chi connectivity index (χ1) is 7.43. The summed E-state index contributed by atoms with van der Waals surface area (Å²) in [6.45, 7) is 14.3. The van der Waals surface area contributed by atoms with Crippen molar-refractivity contribution in [3.63, 3.8) is 0 Å². The number of hydrogen-bond acceptors (Lipinski definition) is 0. The fourth-order valence-corrected chi connectivity index (χ4v) is 2.84. The van der Waals surface area contributed by atoms with Gasteiger partial charge in [-0.3, -0.25) is 0 Å². The molecule has 0 amide bonds. The van der Waals surface area contributed by atoms with Crippen LogP contribution in [0.25, 0.3) is 0 Å². The summed E-state index contributed by atoms with van der Waals surface area (Å²) in [5, 5.41) is 0. The van der Waals surface area contributed by atoms with Gasteiger partial charge >= 0.3 is 0 Å². The minimum Gasteiger partial charge on any atom is -0.0654 e. The van der Waals surface area contributed by atoms with Crippen LogP contribution in [0.2, 0.25) is 0 Å². The molecule has 0 bridgehead atoms. The van der Waals surface area contributed by atoms with Crippen LogP contribution in [0.15, 0.2) is 0 Å². The van der Waals surface area contributed by atoms with Crippen LogP contribution in [-0.4, -0.2) is 0 Å². The van der Waals surface area contributed by atoms with Gasteiger partial charge in [0.15, 0.2) is 0 Å². The van der Waals surface area contributed by atoms with Crippen LogP contribution in [0, 0.1) is 17.3 Å². The third-order valence-corrected chi connectivity index (χ3v) is 4.03. The van der Waals surface area contributed by atoms with Gasteiger partial charge in [0, 0.05) is 0 Å². The van der Waals surface area contributed by atoms with Crippen LogP contribution >= 0.6 is 0 Å². The van der Waals surface area contributed by atoms with E-state index >= 15 is 0 Å². The summed E-state index contributed by atoms with van der Waals surface area (Å²) in [4.78, 5) is 0. The van der Waals surface area contributed by atoms with E-state index in [-0.39, 0.29) is 0 Å². The highest BCUT2D eigenvalue weighted by atomic mass is 14.3. The molecule has 0 radical (unpaired) electrons. The molecule has 0 fully saturated rings. The van der Waals surface area contributed by atoms with Crippen molar-refractivity contribution in [2.45, 2.75) is 86.5 Å². The van der Waals surface area contributed by atoms with Crippen molar-refractivity contribution in [2.24, 2.45) is 17.3 Å². The molecule has 0 rings (SSSR count). The first kappa shape index (κ1) is 16.0. The minimum atomic E-state index is 0.603. The van der Waals surface area contributed by atoms with Gasteiger partial charge in [-0.25, -0.2) is 0 Å². The summed E-state index contributed by atoms with van der Waals surface area (Å²) in [6, 6.07) is 0. The van der Waals surface area contributed by atoms with Crippen LogP contribution in [0.3, 0.4) is 0 Å². The van der Waals surface area contributed by atoms with E-state index in [2.05, 4.69) is 41.5 Å². The van der Waals surface area contributed by atoms with Gasteiger partial charge in [-0.05, 0) is 30.1 Å². The molecule has 0 heterocycles. The van der Waals surface area contributed by atoms with Gasteiger partial charge in [0.1, 0.15) is 0 Å². The van der Waals surface area contributed by atoms with E-state index in [1.807, 2.05) is 0 Å². The molecule has 16 heavy (non-hydrogen) atoms. The maximum absolute atomic E-state index is 2.48. The van der Waals surface area contributed by atoms with Crippen molar-refractivity contribution in [1.29, 1.82) is 0 Å². The summed E-state index contributed by atoms with van der Waals surface area (Å²) < 4.78 is 0. The van der Waals surface area contributed by atoms with Crippen molar-refractivity contribution in [3.05, 3.63) is 0 Å². The van der Waals surface area contributed by atoms with E-state index in [1.54, 1.807) is 0 Å². The fraction of sp³-hybridized carbons (Fsp3) is 1.00. The largest absolute Gasteiger partial charge is 0.0654 e.